The highest BCUT2D eigenvalue weighted by molar-refractivity contribution is 7.71. The van der Waals surface area contributed by atoms with Crippen LogP contribution in [0, 0.1) is 22.2 Å². The maximum absolute atomic E-state index is 13.7. The lowest BCUT2D eigenvalue weighted by atomic mass is 10.1. The molecule has 6 heteroatoms. The Balaban J connectivity index is 1.93. The van der Waals surface area contributed by atoms with E-state index in [0.717, 1.165) is 6.07 Å². The molecule has 2 aromatic carbocycles. The van der Waals surface area contributed by atoms with E-state index in [1.165, 1.54) is 18.2 Å². The number of rotatable bonds is 3. The second-order valence-corrected chi connectivity index (χ2v) is 5.13. The van der Waals surface area contributed by atoms with E-state index in [4.69, 9.17) is 12.2 Å². The maximum atomic E-state index is 13.7. The van der Waals surface area contributed by atoms with Gasteiger partial charge >= 0.3 is 0 Å². The van der Waals surface area contributed by atoms with Gasteiger partial charge in [-0.05, 0) is 48.5 Å². The molecule has 0 aliphatic heterocycles. The van der Waals surface area contributed by atoms with Crippen LogP contribution < -0.4 is 0 Å². The van der Waals surface area contributed by atoms with Gasteiger partial charge in [0.2, 0.25) is 0 Å². The lowest BCUT2D eigenvalue weighted by Gasteiger charge is -2.05. The highest BCUT2D eigenvalue weighted by atomic mass is 32.1. The number of hydrogen-bond acceptors (Lipinski definition) is 1. The first kappa shape index (κ1) is 13.9. The predicted octanol–water partition coefficient (Wildman–Crippen LogP) is 4.36. The SMILES string of the molecule is Fc1cc(F)cc(CCn2c(=S)[nH]c3c(F)cccc32)c1. The standard InChI is InChI=1S/C15H11F3N2S/c16-10-6-9(7-11(17)8-10)4-5-20-13-3-1-2-12(18)14(13)19-15(20)21/h1-3,6-8H,4-5H2,(H,19,21). The van der Waals surface area contributed by atoms with Gasteiger partial charge in [-0.25, -0.2) is 13.2 Å². The molecule has 21 heavy (non-hydrogen) atoms. The molecule has 108 valence electrons. The lowest BCUT2D eigenvalue weighted by molar-refractivity contribution is 0.577. The number of halogens is 3. The van der Waals surface area contributed by atoms with E-state index in [2.05, 4.69) is 4.98 Å². The number of aromatic amines is 1. The van der Waals surface area contributed by atoms with Crippen LogP contribution in [0.2, 0.25) is 0 Å². The zero-order valence-electron chi connectivity index (χ0n) is 10.9. The predicted molar refractivity (Wildman–Crippen MR) is 77.1 cm³/mol. The van der Waals surface area contributed by atoms with Crippen LogP contribution in [-0.2, 0) is 13.0 Å². The van der Waals surface area contributed by atoms with E-state index >= 15 is 0 Å². The molecular formula is C15H11F3N2S. The highest BCUT2D eigenvalue weighted by Gasteiger charge is 2.08. The van der Waals surface area contributed by atoms with Crippen LogP contribution >= 0.6 is 12.2 Å². The molecule has 0 radical (unpaired) electrons. The lowest BCUT2D eigenvalue weighted by Crippen LogP contribution is -2.02. The third kappa shape index (κ3) is 2.71. The Kier molecular flexibility index (Phi) is 3.55. The largest absolute Gasteiger partial charge is 0.328 e. The number of para-hydroxylation sites is 1. The fraction of sp³-hybridized carbons (Fsp3) is 0.133. The summed E-state index contributed by atoms with van der Waals surface area (Å²) in [5.74, 6) is -1.61. The van der Waals surface area contributed by atoms with Gasteiger partial charge in [0.15, 0.2) is 4.77 Å². The molecule has 0 saturated heterocycles. The Hall–Kier alpha value is -2.08. The van der Waals surface area contributed by atoms with Crippen molar-refractivity contribution in [3.05, 3.63) is 64.2 Å². The van der Waals surface area contributed by atoms with Crippen molar-refractivity contribution >= 4 is 23.3 Å². The Bertz CT molecular complexity index is 847. The number of nitrogens with zero attached hydrogens (tertiary/aromatic N) is 1. The topological polar surface area (TPSA) is 20.7 Å². The molecule has 0 amide bonds. The van der Waals surface area contributed by atoms with Gasteiger partial charge in [-0.2, -0.15) is 0 Å². The summed E-state index contributed by atoms with van der Waals surface area (Å²) in [5, 5.41) is 0. The van der Waals surface area contributed by atoms with Gasteiger partial charge < -0.3 is 9.55 Å². The summed E-state index contributed by atoms with van der Waals surface area (Å²) in [6.07, 6.45) is 0.395. The van der Waals surface area contributed by atoms with Gasteiger partial charge in [-0.3, -0.25) is 0 Å². The Morgan fingerprint density at radius 2 is 1.76 bits per heavy atom. The van der Waals surface area contributed by atoms with Crippen LogP contribution in [0.15, 0.2) is 36.4 Å². The molecule has 3 aromatic rings. The highest BCUT2D eigenvalue weighted by Crippen LogP contribution is 2.18. The number of aryl methyl sites for hydroxylation is 2. The summed E-state index contributed by atoms with van der Waals surface area (Å²) >= 11 is 5.17. The number of fused-ring (bicyclic) bond motifs is 1. The second-order valence-electron chi connectivity index (χ2n) is 4.74. The van der Waals surface area contributed by atoms with Gasteiger partial charge in [0.25, 0.3) is 0 Å². The van der Waals surface area contributed by atoms with Gasteiger partial charge in [0, 0.05) is 12.6 Å². The smallest absolute Gasteiger partial charge is 0.178 e. The molecule has 0 bridgehead atoms. The van der Waals surface area contributed by atoms with Gasteiger partial charge in [-0.1, -0.05) is 6.07 Å². The number of nitrogens with one attached hydrogen (secondary N) is 1. The van der Waals surface area contributed by atoms with Crippen molar-refractivity contribution in [3.63, 3.8) is 0 Å². The second kappa shape index (κ2) is 5.37. The van der Waals surface area contributed by atoms with Crippen LogP contribution in [-0.4, -0.2) is 9.55 Å². The summed E-state index contributed by atoms with van der Waals surface area (Å²) < 4.78 is 42.1. The third-order valence-corrected chi connectivity index (χ3v) is 3.63. The molecule has 0 fully saturated rings. The molecule has 1 heterocycles. The first-order valence-corrected chi connectivity index (χ1v) is 6.77. The minimum absolute atomic E-state index is 0.341. The molecular weight excluding hydrogens is 297 g/mol. The van der Waals surface area contributed by atoms with E-state index in [1.807, 2.05) is 0 Å². The molecule has 0 spiro atoms. The minimum Gasteiger partial charge on any atom is -0.328 e. The first-order chi connectivity index (χ1) is 10.0. The third-order valence-electron chi connectivity index (χ3n) is 3.31. The molecule has 0 unspecified atom stereocenters. The fourth-order valence-electron chi connectivity index (χ4n) is 2.36. The number of H-pyrrole nitrogens is 1. The number of hydrogen-bond donors (Lipinski definition) is 1. The van der Waals surface area contributed by atoms with Crippen molar-refractivity contribution in [1.82, 2.24) is 9.55 Å². The molecule has 1 aromatic heterocycles. The summed E-state index contributed by atoms with van der Waals surface area (Å²) in [6.45, 7) is 0.408. The average molecular weight is 308 g/mol. The van der Waals surface area contributed by atoms with E-state index < -0.39 is 11.6 Å². The molecule has 2 nitrogen and oxygen atoms in total. The Labute approximate surface area is 123 Å². The average Bonchev–Trinajstić information content (AvgIpc) is 2.73. The Morgan fingerprint density at radius 1 is 1.05 bits per heavy atom. The van der Waals surface area contributed by atoms with E-state index in [-0.39, 0.29) is 5.82 Å². The Morgan fingerprint density at radius 3 is 2.48 bits per heavy atom. The molecule has 0 saturated carbocycles. The molecule has 1 N–H and O–H groups in total. The molecule has 0 atom stereocenters. The fourth-order valence-corrected chi connectivity index (χ4v) is 2.66. The summed E-state index contributed by atoms with van der Waals surface area (Å²) in [5.41, 5.74) is 1.50. The number of imidazole rings is 1. The number of aromatic nitrogens is 2. The van der Waals surface area contributed by atoms with E-state index in [0.29, 0.717) is 34.3 Å². The van der Waals surface area contributed by atoms with Crippen molar-refractivity contribution in [3.8, 4) is 0 Å². The van der Waals surface area contributed by atoms with E-state index in [1.54, 1.807) is 16.7 Å². The maximum Gasteiger partial charge on any atom is 0.178 e. The van der Waals surface area contributed by atoms with Crippen LogP contribution in [0.3, 0.4) is 0 Å². The van der Waals surface area contributed by atoms with Crippen molar-refractivity contribution in [2.45, 2.75) is 13.0 Å². The van der Waals surface area contributed by atoms with Crippen molar-refractivity contribution < 1.29 is 13.2 Å². The first-order valence-electron chi connectivity index (χ1n) is 6.36. The molecule has 0 aliphatic rings. The zero-order chi connectivity index (χ0) is 15.0. The van der Waals surface area contributed by atoms with Crippen molar-refractivity contribution in [2.75, 3.05) is 0 Å². The van der Waals surface area contributed by atoms with Crippen LogP contribution in [0.5, 0.6) is 0 Å². The monoisotopic (exact) mass is 308 g/mol. The summed E-state index contributed by atoms with van der Waals surface area (Å²) in [4.78, 5) is 2.81. The minimum atomic E-state index is -0.612. The van der Waals surface area contributed by atoms with Crippen molar-refractivity contribution in [2.24, 2.45) is 0 Å². The van der Waals surface area contributed by atoms with Crippen LogP contribution in [0.25, 0.3) is 11.0 Å². The van der Waals surface area contributed by atoms with Gasteiger partial charge in [0.05, 0.1) is 5.52 Å². The van der Waals surface area contributed by atoms with Gasteiger partial charge in [-0.15, -0.1) is 0 Å². The molecule has 3 rings (SSSR count). The summed E-state index contributed by atoms with van der Waals surface area (Å²) in [6, 6.07) is 8.08. The zero-order valence-corrected chi connectivity index (χ0v) is 11.7. The normalized spacial score (nSPS) is 11.2. The number of benzene rings is 2. The van der Waals surface area contributed by atoms with Crippen LogP contribution in [0.1, 0.15) is 5.56 Å². The summed E-state index contributed by atoms with van der Waals surface area (Å²) in [7, 11) is 0. The van der Waals surface area contributed by atoms with Crippen LogP contribution in [0.4, 0.5) is 13.2 Å². The van der Waals surface area contributed by atoms with Gasteiger partial charge in [0.1, 0.15) is 23.0 Å². The quantitative estimate of drug-likeness (QED) is 0.713. The van der Waals surface area contributed by atoms with E-state index in [9.17, 15) is 13.2 Å². The molecule has 0 aliphatic carbocycles. The van der Waals surface area contributed by atoms with Crippen molar-refractivity contribution in [1.29, 1.82) is 0 Å².